The van der Waals surface area contributed by atoms with Crippen LogP contribution in [-0.4, -0.2) is 27.6 Å². The number of aromatic nitrogens is 2. The fourth-order valence-corrected chi connectivity index (χ4v) is 3.21. The second-order valence-electron chi connectivity index (χ2n) is 7.56. The molecule has 2 aromatic rings. The van der Waals surface area contributed by atoms with Gasteiger partial charge in [0.25, 0.3) is 0 Å². The van der Waals surface area contributed by atoms with Crippen LogP contribution in [-0.2, 0) is 18.4 Å². The zero-order valence-electron chi connectivity index (χ0n) is 14.5. The van der Waals surface area contributed by atoms with E-state index in [9.17, 15) is 0 Å². The predicted molar refractivity (Wildman–Crippen MR) is 91.2 cm³/mol. The first-order chi connectivity index (χ1) is 11.0. The van der Waals surface area contributed by atoms with Crippen molar-refractivity contribution in [3.05, 3.63) is 47.6 Å². The average molecular weight is 313 g/mol. The Labute approximate surface area is 138 Å². The lowest BCUT2D eigenvalue weighted by Gasteiger charge is -2.23. The van der Waals surface area contributed by atoms with E-state index in [0.717, 1.165) is 31.2 Å². The van der Waals surface area contributed by atoms with Gasteiger partial charge >= 0.3 is 0 Å². The first-order valence-corrected chi connectivity index (χ1v) is 8.63. The Balaban J connectivity index is 1.57. The van der Waals surface area contributed by atoms with E-state index in [2.05, 4.69) is 66.1 Å². The Morgan fingerprint density at radius 1 is 1.22 bits per heavy atom. The topological polar surface area (TPSA) is 42.2 Å². The molecule has 0 N–H and O–H groups in total. The van der Waals surface area contributed by atoms with Crippen LogP contribution in [0.15, 0.2) is 34.9 Å². The smallest absolute Gasteiger partial charge is 0.232 e. The maximum absolute atomic E-state index is 5.42. The van der Waals surface area contributed by atoms with E-state index in [-0.39, 0.29) is 5.41 Å². The van der Waals surface area contributed by atoms with Crippen LogP contribution in [0.4, 0.5) is 0 Å². The van der Waals surface area contributed by atoms with Crippen molar-refractivity contribution in [2.75, 3.05) is 6.54 Å². The second kappa shape index (κ2) is 6.83. The predicted octanol–water partition coefficient (Wildman–Crippen LogP) is 3.96. The van der Waals surface area contributed by atoms with Crippen molar-refractivity contribution in [1.29, 1.82) is 0 Å². The van der Waals surface area contributed by atoms with Gasteiger partial charge in [0, 0.05) is 11.5 Å². The summed E-state index contributed by atoms with van der Waals surface area (Å²) in [5, 5.41) is 4.17. The zero-order chi connectivity index (χ0) is 16.3. The van der Waals surface area contributed by atoms with Crippen molar-refractivity contribution < 1.29 is 4.52 Å². The Kier molecular flexibility index (Phi) is 4.81. The fourth-order valence-electron chi connectivity index (χ4n) is 3.21. The summed E-state index contributed by atoms with van der Waals surface area (Å²) in [6.07, 6.45) is 4.88. The van der Waals surface area contributed by atoms with Gasteiger partial charge in [-0.3, -0.25) is 4.90 Å². The van der Waals surface area contributed by atoms with E-state index in [1.807, 2.05) is 0 Å². The summed E-state index contributed by atoms with van der Waals surface area (Å²) in [6.45, 7) is 8.24. The number of rotatable bonds is 5. The SMILES string of the molecule is CC(C)(C)c1nc(CN2CCC[C@H]2CCc2ccccc2)no1. The van der Waals surface area contributed by atoms with Crippen LogP contribution in [0.3, 0.4) is 0 Å². The van der Waals surface area contributed by atoms with Crippen LogP contribution < -0.4 is 0 Å². The highest BCUT2D eigenvalue weighted by molar-refractivity contribution is 5.15. The Bertz CT molecular complexity index is 615. The lowest BCUT2D eigenvalue weighted by molar-refractivity contribution is 0.225. The molecule has 0 saturated carbocycles. The molecule has 0 bridgehead atoms. The van der Waals surface area contributed by atoms with Crippen LogP contribution in [0.5, 0.6) is 0 Å². The molecule has 4 heteroatoms. The van der Waals surface area contributed by atoms with E-state index in [1.165, 1.54) is 24.8 Å². The lowest BCUT2D eigenvalue weighted by atomic mass is 9.97. The second-order valence-corrected chi connectivity index (χ2v) is 7.56. The minimum absolute atomic E-state index is 0.0804. The third-order valence-corrected chi connectivity index (χ3v) is 4.56. The largest absolute Gasteiger partial charge is 0.339 e. The van der Waals surface area contributed by atoms with Gasteiger partial charge in [-0.05, 0) is 37.8 Å². The van der Waals surface area contributed by atoms with Gasteiger partial charge in [0.05, 0.1) is 6.54 Å². The molecule has 0 aliphatic carbocycles. The summed E-state index contributed by atoms with van der Waals surface area (Å²) in [5.74, 6) is 1.55. The molecule has 3 rings (SSSR count). The zero-order valence-corrected chi connectivity index (χ0v) is 14.5. The van der Waals surface area contributed by atoms with Crippen molar-refractivity contribution in [3.8, 4) is 0 Å². The highest BCUT2D eigenvalue weighted by Crippen LogP contribution is 2.25. The summed E-state index contributed by atoms with van der Waals surface area (Å²) in [7, 11) is 0. The van der Waals surface area contributed by atoms with E-state index < -0.39 is 0 Å². The molecule has 1 aliphatic heterocycles. The van der Waals surface area contributed by atoms with Gasteiger partial charge in [-0.2, -0.15) is 4.98 Å². The highest BCUT2D eigenvalue weighted by atomic mass is 16.5. The van der Waals surface area contributed by atoms with Crippen molar-refractivity contribution >= 4 is 0 Å². The average Bonchev–Trinajstić information content (AvgIpc) is 3.16. The summed E-state index contributed by atoms with van der Waals surface area (Å²) >= 11 is 0. The number of benzene rings is 1. The van der Waals surface area contributed by atoms with Gasteiger partial charge in [0.2, 0.25) is 5.89 Å². The molecular formula is C19H27N3O. The molecule has 2 heterocycles. The van der Waals surface area contributed by atoms with E-state index in [4.69, 9.17) is 4.52 Å². The molecule has 1 aliphatic rings. The summed E-state index contributed by atoms with van der Waals surface area (Å²) in [5.41, 5.74) is 1.34. The summed E-state index contributed by atoms with van der Waals surface area (Å²) < 4.78 is 5.42. The van der Waals surface area contributed by atoms with Gasteiger partial charge in [-0.1, -0.05) is 56.3 Å². The minimum atomic E-state index is -0.0804. The van der Waals surface area contributed by atoms with Gasteiger partial charge < -0.3 is 4.52 Å². The molecule has 4 nitrogen and oxygen atoms in total. The minimum Gasteiger partial charge on any atom is -0.339 e. The van der Waals surface area contributed by atoms with Gasteiger partial charge in [0.15, 0.2) is 5.82 Å². The monoisotopic (exact) mass is 313 g/mol. The lowest BCUT2D eigenvalue weighted by Crippen LogP contribution is -2.29. The molecule has 0 radical (unpaired) electrons. The molecular weight excluding hydrogens is 286 g/mol. The van der Waals surface area contributed by atoms with E-state index >= 15 is 0 Å². The van der Waals surface area contributed by atoms with Gasteiger partial charge in [-0.15, -0.1) is 0 Å². The normalized spacial score (nSPS) is 19.3. The van der Waals surface area contributed by atoms with Crippen molar-refractivity contribution in [3.63, 3.8) is 0 Å². The van der Waals surface area contributed by atoms with Crippen molar-refractivity contribution in [2.45, 2.75) is 64.5 Å². The molecule has 1 fully saturated rings. The van der Waals surface area contributed by atoms with Gasteiger partial charge in [-0.25, -0.2) is 0 Å². The van der Waals surface area contributed by atoms with Crippen LogP contribution in [0.25, 0.3) is 0 Å². The van der Waals surface area contributed by atoms with Gasteiger partial charge in [0.1, 0.15) is 0 Å². The van der Waals surface area contributed by atoms with Crippen molar-refractivity contribution in [2.24, 2.45) is 0 Å². The number of likely N-dealkylation sites (tertiary alicyclic amines) is 1. The molecule has 23 heavy (non-hydrogen) atoms. The summed E-state index contributed by atoms with van der Waals surface area (Å²) in [6, 6.07) is 11.4. The third kappa shape index (κ3) is 4.20. The molecule has 124 valence electrons. The summed E-state index contributed by atoms with van der Waals surface area (Å²) in [4.78, 5) is 7.09. The molecule has 0 unspecified atom stereocenters. The van der Waals surface area contributed by atoms with E-state index in [1.54, 1.807) is 0 Å². The molecule has 1 saturated heterocycles. The Hall–Kier alpha value is -1.68. The standard InChI is InChI=1S/C19H27N3O/c1-19(2,3)18-20-17(21-23-18)14-22-13-7-10-16(22)12-11-15-8-5-4-6-9-15/h4-6,8-9,16H,7,10-14H2,1-3H3/t16-/m0/s1. The Morgan fingerprint density at radius 2 is 2.00 bits per heavy atom. The van der Waals surface area contributed by atoms with Crippen molar-refractivity contribution in [1.82, 2.24) is 15.0 Å². The van der Waals surface area contributed by atoms with Crippen LogP contribution in [0.1, 0.15) is 57.3 Å². The number of aryl methyl sites for hydroxylation is 1. The van der Waals surface area contributed by atoms with Crippen LogP contribution in [0.2, 0.25) is 0 Å². The molecule has 0 spiro atoms. The van der Waals surface area contributed by atoms with Crippen LogP contribution >= 0.6 is 0 Å². The molecule has 1 aromatic carbocycles. The van der Waals surface area contributed by atoms with Crippen LogP contribution in [0, 0.1) is 0 Å². The molecule has 0 amide bonds. The third-order valence-electron chi connectivity index (χ3n) is 4.56. The first kappa shape index (κ1) is 16.2. The number of hydrogen-bond acceptors (Lipinski definition) is 4. The number of hydrogen-bond donors (Lipinski definition) is 0. The molecule has 1 aromatic heterocycles. The maximum Gasteiger partial charge on any atom is 0.232 e. The highest BCUT2D eigenvalue weighted by Gasteiger charge is 2.27. The number of nitrogens with zero attached hydrogens (tertiary/aromatic N) is 3. The molecule has 1 atom stereocenters. The fraction of sp³-hybridized carbons (Fsp3) is 0.579. The maximum atomic E-state index is 5.42. The first-order valence-electron chi connectivity index (χ1n) is 8.63. The van der Waals surface area contributed by atoms with E-state index in [0.29, 0.717) is 6.04 Å². The Morgan fingerprint density at radius 3 is 2.70 bits per heavy atom. The quantitative estimate of drug-likeness (QED) is 0.838.